The average Bonchev–Trinajstić information content (AvgIpc) is 3.53. The number of likely N-dealkylation sites (tertiary alicyclic amines) is 1. The van der Waals surface area contributed by atoms with Gasteiger partial charge in [0.25, 0.3) is 0 Å². The van der Waals surface area contributed by atoms with E-state index in [1.807, 2.05) is 12.3 Å². The van der Waals surface area contributed by atoms with Gasteiger partial charge < -0.3 is 19.7 Å². The Morgan fingerprint density at radius 2 is 1.91 bits per heavy atom. The minimum Gasteiger partial charge on any atom is -0.496 e. The largest absolute Gasteiger partial charge is 0.496 e. The summed E-state index contributed by atoms with van der Waals surface area (Å²) in [4.78, 5) is 20.0. The third-order valence-corrected chi connectivity index (χ3v) is 7.39. The van der Waals surface area contributed by atoms with Crippen molar-refractivity contribution in [2.24, 2.45) is 0 Å². The van der Waals surface area contributed by atoms with Gasteiger partial charge in [-0.25, -0.2) is 4.79 Å². The van der Waals surface area contributed by atoms with Crippen LogP contribution in [0.1, 0.15) is 65.2 Å². The minimum absolute atomic E-state index is 0.261. The van der Waals surface area contributed by atoms with Gasteiger partial charge in [0.1, 0.15) is 5.75 Å². The molecule has 0 amide bonds. The second-order valence-electron chi connectivity index (χ2n) is 9.40. The van der Waals surface area contributed by atoms with E-state index in [1.165, 1.54) is 40.4 Å². The standard InChI is InChI=1S/C27H33N3O3/c1-18-15-25(33-2)22(20-10-11-28-26(18)20)17-30-14-4-3-7-23(30)21-9-8-19(27(31)32)16-24(21)29-12-5-6-13-29/h8-11,15-16,23,28H,3-7,12-14,17H2,1-2H3,(H,31,32). The highest BCUT2D eigenvalue weighted by atomic mass is 16.5. The number of carboxylic acids is 1. The number of hydrogen-bond acceptors (Lipinski definition) is 4. The van der Waals surface area contributed by atoms with Crippen LogP contribution in [0.3, 0.4) is 0 Å². The lowest BCUT2D eigenvalue weighted by Crippen LogP contribution is -2.34. The molecule has 3 aromatic rings. The molecule has 0 radical (unpaired) electrons. The van der Waals surface area contributed by atoms with Crippen LogP contribution < -0.4 is 9.64 Å². The fourth-order valence-corrected chi connectivity index (χ4v) is 5.71. The first kappa shape index (κ1) is 21.8. The smallest absolute Gasteiger partial charge is 0.335 e. The number of aromatic carboxylic acids is 1. The summed E-state index contributed by atoms with van der Waals surface area (Å²) in [5.74, 6) is 0.0756. The number of rotatable bonds is 6. The number of hydrogen-bond donors (Lipinski definition) is 2. The average molecular weight is 448 g/mol. The monoisotopic (exact) mass is 447 g/mol. The molecule has 1 atom stereocenters. The summed E-state index contributed by atoms with van der Waals surface area (Å²) in [6, 6.07) is 10.3. The molecule has 0 spiro atoms. The first-order chi connectivity index (χ1) is 16.1. The van der Waals surface area contributed by atoms with E-state index < -0.39 is 5.97 Å². The van der Waals surface area contributed by atoms with E-state index in [2.05, 4.69) is 39.9 Å². The Morgan fingerprint density at radius 3 is 2.67 bits per heavy atom. The van der Waals surface area contributed by atoms with Crippen LogP contribution in [0.2, 0.25) is 0 Å². The van der Waals surface area contributed by atoms with Gasteiger partial charge in [0, 0.05) is 54.0 Å². The van der Waals surface area contributed by atoms with E-state index >= 15 is 0 Å². The summed E-state index contributed by atoms with van der Waals surface area (Å²) >= 11 is 0. The van der Waals surface area contributed by atoms with E-state index in [-0.39, 0.29) is 6.04 Å². The highest BCUT2D eigenvalue weighted by Crippen LogP contribution is 2.41. The number of carboxylic acid groups (broad SMARTS) is 1. The molecule has 5 rings (SSSR count). The zero-order valence-electron chi connectivity index (χ0n) is 19.6. The number of nitrogens with zero attached hydrogens (tertiary/aromatic N) is 2. The van der Waals surface area contributed by atoms with E-state index in [0.29, 0.717) is 5.56 Å². The van der Waals surface area contributed by atoms with Gasteiger partial charge in [-0.2, -0.15) is 0 Å². The van der Waals surface area contributed by atoms with E-state index in [9.17, 15) is 9.90 Å². The number of aryl methyl sites for hydroxylation is 1. The van der Waals surface area contributed by atoms with E-state index in [1.54, 1.807) is 13.2 Å². The van der Waals surface area contributed by atoms with Crippen LogP contribution in [0.5, 0.6) is 5.75 Å². The molecule has 6 heteroatoms. The van der Waals surface area contributed by atoms with Crippen LogP contribution in [0.15, 0.2) is 36.5 Å². The van der Waals surface area contributed by atoms with Gasteiger partial charge in [-0.15, -0.1) is 0 Å². The molecule has 3 heterocycles. The van der Waals surface area contributed by atoms with Crippen molar-refractivity contribution in [3.8, 4) is 5.75 Å². The van der Waals surface area contributed by atoms with Crippen molar-refractivity contribution in [3.05, 3.63) is 58.8 Å². The molecule has 2 aliphatic rings. The van der Waals surface area contributed by atoms with Gasteiger partial charge in [-0.05, 0) is 74.5 Å². The zero-order chi connectivity index (χ0) is 22.9. The maximum atomic E-state index is 11.7. The maximum Gasteiger partial charge on any atom is 0.335 e. The van der Waals surface area contributed by atoms with Gasteiger partial charge in [0.15, 0.2) is 0 Å². The Morgan fingerprint density at radius 1 is 1.12 bits per heavy atom. The SMILES string of the molecule is COc1cc(C)c2[nH]ccc2c1CN1CCCCC1c1ccc(C(=O)O)cc1N1CCCC1. The van der Waals surface area contributed by atoms with Crippen LogP contribution in [-0.2, 0) is 6.54 Å². The van der Waals surface area contributed by atoms with Crippen LogP contribution in [0.4, 0.5) is 5.69 Å². The number of benzene rings is 2. The lowest BCUT2D eigenvalue weighted by Gasteiger charge is -2.38. The first-order valence-corrected chi connectivity index (χ1v) is 12.1. The number of carbonyl (C=O) groups is 1. The topological polar surface area (TPSA) is 68.8 Å². The van der Waals surface area contributed by atoms with Crippen molar-refractivity contribution < 1.29 is 14.6 Å². The van der Waals surface area contributed by atoms with E-state index in [4.69, 9.17) is 4.74 Å². The van der Waals surface area contributed by atoms with Gasteiger partial charge >= 0.3 is 5.97 Å². The normalized spacial score (nSPS) is 19.3. The number of ether oxygens (including phenoxy) is 1. The number of fused-ring (bicyclic) bond motifs is 1. The molecule has 2 saturated heterocycles. The third-order valence-electron chi connectivity index (χ3n) is 7.39. The van der Waals surface area contributed by atoms with Gasteiger partial charge in [0.05, 0.1) is 12.7 Å². The van der Waals surface area contributed by atoms with Crippen LogP contribution in [0.25, 0.3) is 10.9 Å². The molecule has 2 aromatic carbocycles. The van der Waals surface area contributed by atoms with Crippen molar-refractivity contribution in [2.75, 3.05) is 31.6 Å². The van der Waals surface area contributed by atoms with Crippen LogP contribution >= 0.6 is 0 Å². The molecular weight excluding hydrogens is 414 g/mol. The Kier molecular flexibility index (Phi) is 6.02. The number of nitrogens with one attached hydrogen (secondary N) is 1. The Bertz CT molecular complexity index is 1160. The molecule has 6 nitrogen and oxygen atoms in total. The zero-order valence-corrected chi connectivity index (χ0v) is 19.6. The number of aromatic nitrogens is 1. The van der Waals surface area contributed by atoms with E-state index in [0.717, 1.165) is 56.9 Å². The van der Waals surface area contributed by atoms with Gasteiger partial charge in [0.2, 0.25) is 0 Å². The predicted octanol–water partition coefficient (Wildman–Crippen LogP) is 5.51. The number of methoxy groups -OCH3 is 1. The fourth-order valence-electron chi connectivity index (χ4n) is 5.71. The summed E-state index contributed by atoms with van der Waals surface area (Å²) in [6.45, 7) is 5.94. The maximum absolute atomic E-state index is 11.7. The second kappa shape index (κ2) is 9.10. The molecule has 0 bridgehead atoms. The van der Waals surface area contributed by atoms with Gasteiger partial charge in [-0.3, -0.25) is 4.90 Å². The lowest BCUT2D eigenvalue weighted by atomic mass is 9.91. The van der Waals surface area contributed by atoms with Crippen molar-refractivity contribution in [2.45, 2.75) is 51.6 Å². The van der Waals surface area contributed by atoms with Crippen molar-refractivity contribution >= 4 is 22.6 Å². The molecule has 1 aromatic heterocycles. The molecule has 33 heavy (non-hydrogen) atoms. The molecule has 174 valence electrons. The quantitative estimate of drug-likeness (QED) is 0.521. The highest BCUT2D eigenvalue weighted by molar-refractivity contribution is 5.89. The summed E-state index contributed by atoms with van der Waals surface area (Å²) < 4.78 is 5.82. The molecular formula is C27H33N3O3. The molecule has 0 saturated carbocycles. The molecule has 1 unspecified atom stereocenters. The Hall–Kier alpha value is -2.99. The molecule has 2 fully saturated rings. The second-order valence-corrected chi connectivity index (χ2v) is 9.40. The number of piperidine rings is 1. The fraction of sp³-hybridized carbons (Fsp3) is 0.444. The molecule has 0 aliphatic carbocycles. The van der Waals surface area contributed by atoms with Crippen molar-refractivity contribution in [3.63, 3.8) is 0 Å². The number of aromatic amines is 1. The molecule has 2 aliphatic heterocycles. The highest BCUT2D eigenvalue weighted by Gasteiger charge is 2.30. The third kappa shape index (κ3) is 4.08. The van der Waals surface area contributed by atoms with Crippen molar-refractivity contribution in [1.82, 2.24) is 9.88 Å². The Labute approximate surface area is 195 Å². The molecule has 2 N–H and O–H groups in total. The lowest BCUT2D eigenvalue weighted by molar-refractivity contribution is 0.0696. The minimum atomic E-state index is -0.860. The summed E-state index contributed by atoms with van der Waals surface area (Å²) in [5.41, 5.74) is 6.31. The predicted molar refractivity (Wildman–Crippen MR) is 131 cm³/mol. The van der Waals surface area contributed by atoms with Crippen molar-refractivity contribution in [1.29, 1.82) is 0 Å². The number of anilines is 1. The first-order valence-electron chi connectivity index (χ1n) is 12.1. The summed E-state index contributed by atoms with van der Waals surface area (Å²) in [6.07, 6.45) is 7.77. The van der Waals surface area contributed by atoms with Crippen LogP contribution in [0, 0.1) is 6.92 Å². The Balaban J connectivity index is 1.54. The van der Waals surface area contributed by atoms with Gasteiger partial charge in [-0.1, -0.05) is 12.5 Å². The number of H-pyrrole nitrogens is 1. The summed E-state index contributed by atoms with van der Waals surface area (Å²) in [7, 11) is 1.75. The summed E-state index contributed by atoms with van der Waals surface area (Å²) in [5, 5.41) is 10.8. The van der Waals surface area contributed by atoms with Crippen LogP contribution in [-0.4, -0.2) is 47.7 Å².